The Labute approximate surface area is 197 Å². The molecule has 0 fully saturated rings. The Morgan fingerprint density at radius 3 is 1.74 bits per heavy atom. The van der Waals surface area contributed by atoms with E-state index in [1.807, 2.05) is 72.8 Å². The SMILES string of the molecule is O=C(Oc1ccc(-c2ccccc2)cc1)[C@H](Cc1ccccc1)N1C(=O)c2ccccc2C1=O. The Morgan fingerprint density at radius 1 is 0.647 bits per heavy atom. The lowest BCUT2D eigenvalue weighted by Crippen LogP contribution is -2.48. The summed E-state index contributed by atoms with van der Waals surface area (Å²) in [5, 5.41) is 0. The van der Waals surface area contributed by atoms with Gasteiger partial charge in [-0.05, 0) is 41.0 Å². The average Bonchev–Trinajstić information content (AvgIpc) is 3.14. The number of hydrogen-bond acceptors (Lipinski definition) is 4. The van der Waals surface area contributed by atoms with E-state index in [0.29, 0.717) is 16.9 Å². The highest BCUT2D eigenvalue weighted by Gasteiger charge is 2.43. The summed E-state index contributed by atoms with van der Waals surface area (Å²) >= 11 is 0. The number of amides is 2. The molecule has 4 aromatic rings. The van der Waals surface area contributed by atoms with Crippen LogP contribution in [0, 0.1) is 0 Å². The van der Waals surface area contributed by atoms with E-state index in [2.05, 4.69) is 0 Å². The third kappa shape index (κ3) is 4.11. The summed E-state index contributed by atoms with van der Waals surface area (Å²) in [5.74, 6) is -1.29. The van der Waals surface area contributed by atoms with Crippen LogP contribution < -0.4 is 4.74 Å². The van der Waals surface area contributed by atoms with Gasteiger partial charge in [0.25, 0.3) is 11.8 Å². The maximum Gasteiger partial charge on any atom is 0.335 e. The summed E-state index contributed by atoms with van der Waals surface area (Å²) in [6.07, 6.45) is 0.160. The molecule has 0 saturated heterocycles. The molecule has 34 heavy (non-hydrogen) atoms. The van der Waals surface area contributed by atoms with Gasteiger partial charge in [0, 0.05) is 6.42 Å². The van der Waals surface area contributed by atoms with Crippen molar-refractivity contribution >= 4 is 17.8 Å². The van der Waals surface area contributed by atoms with Gasteiger partial charge >= 0.3 is 5.97 Å². The molecule has 1 aliphatic rings. The summed E-state index contributed by atoms with van der Waals surface area (Å²) in [4.78, 5) is 40.5. The van der Waals surface area contributed by atoms with Crippen LogP contribution in [0.2, 0.25) is 0 Å². The fraction of sp³-hybridized carbons (Fsp3) is 0.0690. The molecule has 5 nitrogen and oxygen atoms in total. The summed E-state index contributed by atoms with van der Waals surface area (Å²) in [7, 11) is 0. The minimum Gasteiger partial charge on any atom is -0.425 e. The van der Waals surface area contributed by atoms with Gasteiger partial charge in [0.05, 0.1) is 11.1 Å². The van der Waals surface area contributed by atoms with E-state index in [0.717, 1.165) is 21.6 Å². The molecule has 5 heteroatoms. The van der Waals surface area contributed by atoms with Gasteiger partial charge in [-0.15, -0.1) is 0 Å². The molecule has 0 radical (unpaired) electrons. The molecule has 1 atom stereocenters. The number of carbonyl (C=O) groups excluding carboxylic acids is 3. The fourth-order valence-electron chi connectivity index (χ4n) is 4.14. The molecule has 0 aliphatic carbocycles. The van der Waals surface area contributed by atoms with Crippen molar-refractivity contribution in [3.63, 3.8) is 0 Å². The molecule has 2 amide bonds. The number of rotatable bonds is 6. The van der Waals surface area contributed by atoms with Crippen LogP contribution in [0.3, 0.4) is 0 Å². The quantitative estimate of drug-likeness (QED) is 0.233. The number of hydrogen-bond donors (Lipinski definition) is 0. The van der Waals surface area contributed by atoms with E-state index in [-0.39, 0.29) is 6.42 Å². The van der Waals surface area contributed by atoms with Crippen LogP contribution in [0.5, 0.6) is 5.75 Å². The van der Waals surface area contributed by atoms with Gasteiger partial charge in [-0.3, -0.25) is 14.5 Å². The number of ether oxygens (including phenoxy) is 1. The monoisotopic (exact) mass is 447 g/mol. The molecular formula is C29H21NO4. The zero-order valence-electron chi connectivity index (χ0n) is 18.3. The van der Waals surface area contributed by atoms with Crippen LogP contribution in [-0.4, -0.2) is 28.7 Å². The van der Waals surface area contributed by atoms with Crippen LogP contribution in [-0.2, 0) is 11.2 Å². The summed E-state index contributed by atoms with van der Waals surface area (Å²) in [5.41, 5.74) is 3.45. The largest absolute Gasteiger partial charge is 0.425 e. The van der Waals surface area contributed by atoms with Crippen molar-refractivity contribution in [2.24, 2.45) is 0 Å². The van der Waals surface area contributed by atoms with E-state index in [4.69, 9.17) is 4.74 Å². The molecular weight excluding hydrogens is 426 g/mol. The predicted molar refractivity (Wildman–Crippen MR) is 128 cm³/mol. The van der Waals surface area contributed by atoms with Gasteiger partial charge in [0.15, 0.2) is 0 Å². The second kappa shape index (κ2) is 9.16. The molecule has 0 unspecified atom stereocenters. The molecule has 1 aliphatic heterocycles. The smallest absolute Gasteiger partial charge is 0.335 e. The normalized spacial score (nSPS) is 13.5. The number of imide groups is 1. The van der Waals surface area contributed by atoms with Crippen LogP contribution in [0.1, 0.15) is 26.3 Å². The number of carbonyl (C=O) groups is 3. The number of nitrogens with zero attached hydrogens (tertiary/aromatic N) is 1. The number of fused-ring (bicyclic) bond motifs is 1. The molecule has 0 bridgehead atoms. The minimum atomic E-state index is -1.09. The zero-order chi connectivity index (χ0) is 23.5. The van der Waals surface area contributed by atoms with Crippen molar-refractivity contribution in [1.29, 1.82) is 0 Å². The predicted octanol–water partition coefficient (Wildman–Crippen LogP) is 5.17. The van der Waals surface area contributed by atoms with E-state index in [1.54, 1.807) is 36.4 Å². The lowest BCUT2D eigenvalue weighted by Gasteiger charge is -2.24. The highest BCUT2D eigenvalue weighted by molar-refractivity contribution is 6.22. The van der Waals surface area contributed by atoms with Crippen LogP contribution in [0.15, 0.2) is 109 Å². The van der Waals surface area contributed by atoms with Crippen LogP contribution in [0.25, 0.3) is 11.1 Å². The highest BCUT2D eigenvalue weighted by Crippen LogP contribution is 2.28. The first-order valence-corrected chi connectivity index (χ1v) is 11.0. The summed E-state index contributed by atoms with van der Waals surface area (Å²) in [6.45, 7) is 0. The maximum absolute atomic E-state index is 13.3. The Balaban J connectivity index is 1.42. The van der Waals surface area contributed by atoms with Crippen LogP contribution >= 0.6 is 0 Å². The van der Waals surface area contributed by atoms with Crippen molar-refractivity contribution in [1.82, 2.24) is 4.90 Å². The molecule has 166 valence electrons. The first-order chi connectivity index (χ1) is 16.6. The van der Waals surface area contributed by atoms with Gasteiger partial charge in [-0.2, -0.15) is 0 Å². The second-order valence-electron chi connectivity index (χ2n) is 8.04. The molecule has 4 aromatic carbocycles. The summed E-state index contributed by atoms with van der Waals surface area (Å²) < 4.78 is 5.66. The Hall–Kier alpha value is -4.51. The average molecular weight is 447 g/mol. The summed E-state index contributed by atoms with van der Waals surface area (Å²) in [6, 6.07) is 31.8. The van der Waals surface area contributed by atoms with Gasteiger partial charge < -0.3 is 4.74 Å². The lowest BCUT2D eigenvalue weighted by atomic mass is 10.0. The Bertz CT molecular complexity index is 1310. The van der Waals surface area contributed by atoms with E-state index >= 15 is 0 Å². The third-order valence-corrected chi connectivity index (χ3v) is 5.86. The molecule has 5 rings (SSSR count). The van der Waals surface area contributed by atoms with Gasteiger partial charge in [-0.25, -0.2) is 4.79 Å². The number of benzene rings is 4. The van der Waals surface area contributed by atoms with Crippen molar-refractivity contribution in [2.45, 2.75) is 12.5 Å². The fourth-order valence-corrected chi connectivity index (χ4v) is 4.14. The van der Waals surface area contributed by atoms with E-state index < -0.39 is 23.8 Å². The first kappa shape index (κ1) is 21.3. The number of esters is 1. The van der Waals surface area contributed by atoms with Crippen molar-refractivity contribution < 1.29 is 19.1 Å². The molecule has 0 N–H and O–H groups in total. The van der Waals surface area contributed by atoms with E-state index in [1.165, 1.54) is 0 Å². The highest BCUT2D eigenvalue weighted by atomic mass is 16.5. The van der Waals surface area contributed by atoms with Crippen LogP contribution in [0.4, 0.5) is 0 Å². The first-order valence-electron chi connectivity index (χ1n) is 11.0. The maximum atomic E-state index is 13.3. The van der Waals surface area contributed by atoms with Gasteiger partial charge in [-0.1, -0.05) is 84.9 Å². The van der Waals surface area contributed by atoms with Crippen molar-refractivity contribution in [2.75, 3.05) is 0 Å². The molecule has 0 aromatic heterocycles. The van der Waals surface area contributed by atoms with Crippen molar-refractivity contribution in [3.8, 4) is 16.9 Å². The topological polar surface area (TPSA) is 63.7 Å². The second-order valence-corrected chi connectivity index (χ2v) is 8.04. The third-order valence-electron chi connectivity index (χ3n) is 5.86. The van der Waals surface area contributed by atoms with Gasteiger partial charge in [0.2, 0.25) is 0 Å². The molecule has 1 heterocycles. The Morgan fingerprint density at radius 2 is 1.15 bits per heavy atom. The lowest BCUT2D eigenvalue weighted by molar-refractivity contribution is -0.138. The zero-order valence-corrected chi connectivity index (χ0v) is 18.3. The van der Waals surface area contributed by atoms with E-state index in [9.17, 15) is 14.4 Å². The van der Waals surface area contributed by atoms with Crippen molar-refractivity contribution in [3.05, 3.63) is 126 Å². The molecule has 0 saturated carbocycles. The minimum absolute atomic E-state index is 0.160. The molecule has 0 spiro atoms. The standard InChI is InChI=1S/C29H21NO4/c31-27-24-13-7-8-14-25(24)28(32)30(27)26(19-20-9-3-1-4-10-20)29(33)34-23-17-15-22(16-18-23)21-11-5-2-6-12-21/h1-18,26H,19H2/t26-/m0/s1. The van der Waals surface area contributed by atoms with Gasteiger partial charge in [0.1, 0.15) is 11.8 Å². The Kier molecular flexibility index (Phi) is 5.75.